The molecule has 3 aromatic rings. The summed E-state index contributed by atoms with van der Waals surface area (Å²) in [4.78, 5) is 40.1. The molecule has 0 saturated heterocycles. The lowest BCUT2D eigenvalue weighted by Crippen LogP contribution is -2.44. The monoisotopic (exact) mass is 467 g/mol. The van der Waals surface area contributed by atoms with Crippen molar-refractivity contribution in [1.82, 2.24) is 9.13 Å². The van der Waals surface area contributed by atoms with Gasteiger partial charge in [-0.1, -0.05) is 31.4 Å². The van der Waals surface area contributed by atoms with Gasteiger partial charge in [-0.15, -0.1) is 0 Å². The number of hydrogen-bond donors (Lipinski definition) is 1. The van der Waals surface area contributed by atoms with Gasteiger partial charge in [-0.3, -0.25) is 18.7 Å². The van der Waals surface area contributed by atoms with E-state index >= 15 is 0 Å². The fraction of sp³-hybridized carbons (Fsp3) is 0.400. The number of amides is 1. The highest BCUT2D eigenvalue weighted by Crippen LogP contribution is 2.32. The minimum atomic E-state index is -0.508. The highest BCUT2D eigenvalue weighted by Gasteiger charge is 2.24. The summed E-state index contributed by atoms with van der Waals surface area (Å²) in [5, 5.41) is 3.10. The third kappa shape index (κ3) is 4.37. The maximum atomic E-state index is 13.6. The topological polar surface area (TPSA) is 101 Å². The Morgan fingerprint density at radius 2 is 1.59 bits per heavy atom. The van der Waals surface area contributed by atoms with E-state index in [0.29, 0.717) is 33.8 Å². The molecule has 9 heteroatoms. The molecule has 4 rings (SSSR count). The maximum Gasteiger partial charge on any atom is 0.332 e. The average Bonchev–Trinajstić information content (AvgIpc) is 2.86. The van der Waals surface area contributed by atoms with E-state index in [0.717, 1.165) is 32.1 Å². The summed E-state index contributed by atoms with van der Waals surface area (Å²) in [7, 11) is 4.48. The number of nitrogens with one attached hydrogen (secondary N) is 1. The number of carbonyl (C=O) groups excluding carboxylic acids is 1. The van der Waals surface area contributed by atoms with Gasteiger partial charge in [0.25, 0.3) is 5.56 Å². The van der Waals surface area contributed by atoms with Gasteiger partial charge >= 0.3 is 5.69 Å². The summed E-state index contributed by atoms with van der Waals surface area (Å²) in [6.07, 6.45) is 4.49. The Labute approximate surface area is 196 Å². The van der Waals surface area contributed by atoms with E-state index in [-0.39, 0.29) is 18.1 Å². The molecule has 1 fully saturated rings. The van der Waals surface area contributed by atoms with Crippen molar-refractivity contribution in [3.8, 4) is 17.2 Å². The zero-order chi connectivity index (χ0) is 24.2. The van der Waals surface area contributed by atoms with Gasteiger partial charge in [0, 0.05) is 12.1 Å². The zero-order valence-electron chi connectivity index (χ0n) is 19.6. The Morgan fingerprint density at radius 1 is 0.941 bits per heavy atom. The third-order valence-electron chi connectivity index (χ3n) is 6.30. The number of carbonyl (C=O) groups is 1. The van der Waals surface area contributed by atoms with Crippen LogP contribution >= 0.6 is 0 Å². The molecule has 180 valence electrons. The van der Waals surface area contributed by atoms with Crippen LogP contribution in [-0.2, 0) is 11.3 Å². The van der Waals surface area contributed by atoms with E-state index in [2.05, 4.69) is 5.32 Å². The largest absolute Gasteiger partial charge is 0.495 e. The number of para-hydroxylation sites is 2. The second-order valence-corrected chi connectivity index (χ2v) is 8.31. The van der Waals surface area contributed by atoms with Gasteiger partial charge in [-0.2, -0.15) is 0 Å². The summed E-state index contributed by atoms with van der Waals surface area (Å²) in [5.74, 6) is 0.831. The number of fused-ring (bicyclic) bond motifs is 1. The van der Waals surface area contributed by atoms with Crippen LogP contribution in [0.15, 0.2) is 46.0 Å². The highest BCUT2D eigenvalue weighted by molar-refractivity contribution is 5.93. The van der Waals surface area contributed by atoms with Crippen LogP contribution in [0.2, 0.25) is 0 Å². The van der Waals surface area contributed by atoms with Crippen LogP contribution in [0.25, 0.3) is 10.9 Å². The Bertz CT molecular complexity index is 1320. The Hall–Kier alpha value is -3.75. The Balaban J connectivity index is 1.85. The number of benzene rings is 2. The van der Waals surface area contributed by atoms with Crippen molar-refractivity contribution in [1.29, 1.82) is 0 Å². The second kappa shape index (κ2) is 10.0. The van der Waals surface area contributed by atoms with Crippen LogP contribution in [0.1, 0.15) is 38.1 Å². The van der Waals surface area contributed by atoms with E-state index in [1.807, 2.05) is 0 Å². The molecule has 0 atom stereocenters. The minimum absolute atomic E-state index is 0.199. The average molecular weight is 468 g/mol. The molecule has 0 unspecified atom stereocenters. The predicted octanol–water partition coefficient (Wildman–Crippen LogP) is 3.33. The van der Waals surface area contributed by atoms with Gasteiger partial charge in [0.05, 0.1) is 37.9 Å². The number of aromatic nitrogens is 2. The maximum absolute atomic E-state index is 13.6. The third-order valence-corrected chi connectivity index (χ3v) is 6.30. The Morgan fingerprint density at radius 3 is 2.26 bits per heavy atom. The van der Waals surface area contributed by atoms with E-state index in [1.54, 1.807) is 36.4 Å². The number of nitrogens with zero attached hydrogens (tertiary/aromatic N) is 2. The molecule has 2 aromatic carbocycles. The SMILES string of the molecule is COc1ccccc1NC(=O)Cn1c(=O)n(C2CCCCC2)c(=O)c2cc(OC)c(OC)cc21. The minimum Gasteiger partial charge on any atom is -0.495 e. The van der Waals surface area contributed by atoms with Crippen LogP contribution in [0.5, 0.6) is 17.2 Å². The number of hydrogen-bond acceptors (Lipinski definition) is 6. The summed E-state index contributed by atoms with van der Waals surface area (Å²) in [6, 6.07) is 9.97. The molecular formula is C25H29N3O6. The molecule has 0 aliphatic heterocycles. The van der Waals surface area contributed by atoms with E-state index in [4.69, 9.17) is 14.2 Å². The molecule has 1 N–H and O–H groups in total. The number of anilines is 1. The zero-order valence-corrected chi connectivity index (χ0v) is 19.6. The fourth-order valence-corrected chi connectivity index (χ4v) is 4.61. The smallest absolute Gasteiger partial charge is 0.332 e. The second-order valence-electron chi connectivity index (χ2n) is 8.31. The number of ether oxygens (including phenoxy) is 3. The molecule has 34 heavy (non-hydrogen) atoms. The predicted molar refractivity (Wildman–Crippen MR) is 129 cm³/mol. The molecule has 0 bridgehead atoms. The fourth-order valence-electron chi connectivity index (χ4n) is 4.61. The van der Waals surface area contributed by atoms with Crippen molar-refractivity contribution < 1.29 is 19.0 Å². The quantitative estimate of drug-likeness (QED) is 0.572. The molecule has 1 amide bonds. The van der Waals surface area contributed by atoms with Crippen molar-refractivity contribution in [2.45, 2.75) is 44.7 Å². The van der Waals surface area contributed by atoms with Crippen LogP contribution in [-0.4, -0.2) is 36.4 Å². The molecule has 1 heterocycles. The van der Waals surface area contributed by atoms with E-state index < -0.39 is 11.6 Å². The van der Waals surface area contributed by atoms with E-state index in [1.165, 1.54) is 30.5 Å². The summed E-state index contributed by atoms with van der Waals surface area (Å²) in [5.41, 5.74) is -0.0804. The van der Waals surface area contributed by atoms with Gasteiger partial charge in [0.1, 0.15) is 12.3 Å². The van der Waals surface area contributed by atoms with Gasteiger partial charge in [-0.05, 0) is 31.0 Å². The van der Waals surface area contributed by atoms with Crippen molar-refractivity contribution in [3.63, 3.8) is 0 Å². The lowest BCUT2D eigenvalue weighted by atomic mass is 9.95. The lowest BCUT2D eigenvalue weighted by Gasteiger charge is -2.25. The van der Waals surface area contributed by atoms with Crippen LogP contribution in [0.4, 0.5) is 5.69 Å². The number of methoxy groups -OCH3 is 3. The molecule has 0 radical (unpaired) electrons. The molecule has 0 spiro atoms. The van der Waals surface area contributed by atoms with Crippen LogP contribution in [0.3, 0.4) is 0 Å². The summed E-state index contributed by atoms with van der Waals surface area (Å²) >= 11 is 0. The number of rotatable bonds is 7. The molecule has 1 aromatic heterocycles. The van der Waals surface area contributed by atoms with Crippen LogP contribution < -0.4 is 30.8 Å². The molecular weight excluding hydrogens is 438 g/mol. The van der Waals surface area contributed by atoms with Crippen molar-refractivity contribution >= 4 is 22.5 Å². The van der Waals surface area contributed by atoms with E-state index in [9.17, 15) is 14.4 Å². The van der Waals surface area contributed by atoms with Crippen molar-refractivity contribution in [2.24, 2.45) is 0 Å². The summed E-state index contributed by atoms with van der Waals surface area (Å²) in [6.45, 7) is -0.282. The molecule has 9 nitrogen and oxygen atoms in total. The van der Waals surface area contributed by atoms with Crippen LogP contribution in [0, 0.1) is 0 Å². The highest BCUT2D eigenvalue weighted by atomic mass is 16.5. The first-order valence-corrected chi connectivity index (χ1v) is 11.3. The standard InChI is InChI=1S/C25H29N3O6/c1-32-20-12-8-7-11-18(20)26-23(29)15-27-19-14-22(34-3)21(33-2)13-17(19)24(30)28(25(27)31)16-9-5-4-6-10-16/h7-8,11-14,16H,4-6,9-10,15H2,1-3H3,(H,26,29). The first-order valence-electron chi connectivity index (χ1n) is 11.3. The molecule has 1 saturated carbocycles. The van der Waals surface area contributed by atoms with Gasteiger partial charge in [0.15, 0.2) is 11.5 Å². The van der Waals surface area contributed by atoms with Crippen molar-refractivity contribution in [2.75, 3.05) is 26.6 Å². The molecule has 1 aliphatic rings. The Kier molecular flexibility index (Phi) is 6.90. The van der Waals surface area contributed by atoms with Crippen molar-refractivity contribution in [3.05, 3.63) is 57.2 Å². The summed E-state index contributed by atoms with van der Waals surface area (Å²) < 4.78 is 18.7. The molecule has 1 aliphatic carbocycles. The van der Waals surface area contributed by atoms with Gasteiger partial charge < -0.3 is 19.5 Å². The van der Waals surface area contributed by atoms with Gasteiger partial charge in [-0.25, -0.2) is 4.79 Å². The first kappa shape index (κ1) is 23.4. The lowest BCUT2D eigenvalue weighted by molar-refractivity contribution is -0.116. The van der Waals surface area contributed by atoms with Gasteiger partial charge in [0.2, 0.25) is 5.91 Å². The normalized spacial score (nSPS) is 14.1. The first-order chi connectivity index (χ1) is 16.5.